The molecule has 2 aromatic rings. The van der Waals surface area contributed by atoms with Crippen molar-refractivity contribution in [3.8, 4) is 5.75 Å². The van der Waals surface area contributed by atoms with E-state index in [9.17, 15) is 9.90 Å². The normalized spacial score (nSPS) is 20.0. The topological polar surface area (TPSA) is 53.0 Å². The van der Waals surface area contributed by atoms with E-state index in [1.165, 1.54) is 0 Å². The van der Waals surface area contributed by atoms with Crippen molar-refractivity contribution in [2.45, 2.75) is 57.2 Å². The van der Waals surface area contributed by atoms with Gasteiger partial charge in [-0.15, -0.1) is 0 Å². The Hall–Kier alpha value is -2.37. The van der Waals surface area contributed by atoms with Gasteiger partial charge in [0.2, 0.25) is 0 Å². The van der Waals surface area contributed by atoms with Crippen LogP contribution in [0.2, 0.25) is 0 Å². The maximum absolute atomic E-state index is 13.1. The fourth-order valence-electron chi connectivity index (χ4n) is 4.86. The minimum absolute atomic E-state index is 0.0427. The molecule has 1 heterocycles. The quantitative estimate of drug-likeness (QED) is 0.698. The molecule has 1 atom stereocenters. The van der Waals surface area contributed by atoms with Gasteiger partial charge in [-0.2, -0.15) is 0 Å². The average molecular weight is 437 g/mol. The van der Waals surface area contributed by atoms with Gasteiger partial charge >= 0.3 is 0 Å². The number of nitrogens with zero attached hydrogens (tertiary/aromatic N) is 2. The summed E-state index contributed by atoms with van der Waals surface area (Å²) in [5, 5.41) is 10.9. The summed E-state index contributed by atoms with van der Waals surface area (Å²) in [5.74, 6) is 0.766. The molecule has 1 aliphatic carbocycles. The molecule has 172 valence electrons. The molecule has 0 radical (unpaired) electrons. The van der Waals surface area contributed by atoms with Crippen LogP contribution in [-0.4, -0.2) is 54.6 Å². The highest BCUT2D eigenvalue weighted by Crippen LogP contribution is 2.34. The van der Waals surface area contributed by atoms with Gasteiger partial charge in [0.25, 0.3) is 0 Å². The predicted molar refractivity (Wildman–Crippen MR) is 128 cm³/mol. The number of hydrogen-bond acceptors (Lipinski definition) is 5. The van der Waals surface area contributed by atoms with E-state index in [2.05, 4.69) is 42.0 Å². The first-order chi connectivity index (χ1) is 15.4. The van der Waals surface area contributed by atoms with Crippen molar-refractivity contribution in [3.63, 3.8) is 0 Å². The van der Waals surface area contributed by atoms with Crippen molar-refractivity contribution in [2.24, 2.45) is 0 Å². The van der Waals surface area contributed by atoms with E-state index < -0.39 is 5.60 Å². The molecule has 0 aromatic heterocycles. The highest BCUT2D eigenvalue weighted by atomic mass is 16.5. The van der Waals surface area contributed by atoms with Gasteiger partial charge in [0.15, 0.2) is 5.78 Å². The molecular formula is C27H36N2O3. The molecule has 1 saturated carbocycles. The molecule has 2 aromatic carbocycles. The molecule has 1 saturated heterocycles. The Morgan fingerprint density at radius 2 is 1.72 bits per heavy atom. The second-order valence-electron chi connectivity index (χ2n) is 9.44. The van der Waals surface area contributed by atoms with Crippen molar-refractivity contribution in [1.29, 1.82) is 0 Å². The zero-order chi connectivity index (χ0) is 22.6. The Bertz CT molecular complexity index is 900. The second-order valence-corrected chi connectivity index (χ2v) is 9.44. The molecule has 0 amide bonds. The lowest BCUT2D eigenvalue weighted by atomic mass is 9.80. The van der Waals surface area contributed by atoms with Gasteiger partial charge in [-0.3, -0.25) is 4.79 Å². The van der Waals surface area contributed by atoms with Gasteiger partial charge < -0.3 is 19.6 Å². The van der Waals surface area contributed by atoms with Crippen molar-refractivity contribution < 1.29 is 14.6 Å². The Kier molecular flexibility index (Phi) is 7.17. The van der Waals surface area contributed by atoms with Gasteiger partial charge in [-0.1, -0.05) is 55.7 Å². The third kappa shape index (κ3) is 5.33. The number of aliphatic hydroxyl groups is 1. The van der Waals surface area contributed by atoms with E-state index in [0.717, 1.165) is 68.0 Å². The van der Waals surface area contributed by atoms with E-state index in [1.54, 1.807) is 0 Å². The number of ketones is 1. The fraction of sp³-hybridized carbons (Fsp3) is 0.519. The average Bonchev–Trinajstić information content (AvgIpc) is 2.81. The molecule has 0 unspecified atom stereocenters. The van der Waals surface area contributed by atoms with Crippen LogP contribution >= 0.6 is 0 Å². The molecular weight excluding hydrogens is 400 g/mol. The molecule has 2 fully saturated rings. The molecule has 1 N–H and O–H groups in total. The third-order valence-corrected chi connectivity index (χ3v) is 7.03. The summed E-state index contributed by atoms with van der Waals surface area (Å²) in [6, 6.07) is 16.3. The fourth-order valence-corrected chi connectivity index (χ4v) is 4.86. The first-order valence-electron chi connectivity index (χ1n) is 12.0. The molecule has 0 bridgehead atoms. The highest BCUT2D eigenvalue weighted by molar-refractivity contribution is 5.90. The molecule has 2 aliphatic rings. The van der Waals surface area contributed by atoms with Gasteiger partial charge in [-0.25, -0.2) is 0 Å². The zero-order valence-electron chi connectivity index (χ0n) is 19.4. The molecule has 1 aliphatic heterocycles. The summed E-state index contributed by atoms with van der Waals surface area (Å²) in [4.78, 5) is 17.8. The van der Waals surface area contributed by atoms with Crippen molar-refractivity contribution >= 4 is 11.5 Å². The lowest BCUT2D eigenvalue weighted by Crippen LogP contribution is -2.45. The summed E-state index contributed by atoms with van der Waals surface area (Å²) in [6.45, 7) is 5.87. The van der Waals surface area contributed by atoms with Crippen LogP contribution in [0.1, 0.15) is 56.3 Å². The van der Waals surface area contributed by atoms with Crippen LogP contribution in [0.25, 0.3) is 0 Å². The number of piperazine rings is 1. The minimum atomic E-state index is -1.16. The van der Waals surface area contributed by atoms with E-state index in [0.29, 0.717) is 12.8 Å². The molecule has 4 rings (SSSR count). The number of anilines is 1. The van der Waals surface area contributed by atoms with Crippen LogP contribution in [0.3, 0.4) is 0 Å². The third-order valence-electron chi connectivity index (χ3n) is 7.03. The number of Topliss-reactive ketones (excluding diaryl/α,β-unsaturated/α-hetero) is 1. The van der Waals surface area contributed by atoms with Crippen molar-refractivity contribution in [1.82, 2.24) is 4.90 Å². The monoisotopic (exact) mass is 436 g/mol. The van der Waals surface area contributed by atoms with Gasteiger partial charge in [0, 0.05) is 44.4 Å². The minimum Gasteiger partial charge on any atom is -0.486 e. The lowest BCUT2D eigenvalue weighted by molar-refractivity contribution is -0.139. The largest absolute Gasteiger partial charge is 0.486 e. The van der Waals surface area contributed by atoms with Crippen LogP contribution in [-0.2, 0) is 11.2 Å². The van der Waals surface area contributed by atoms with E-state index in [-0.39, 0.29) is 18.3 Å². The zero-order valence-corrected chi connectivity index (χ0v) is 19.4. The predicted octanol–water partition coefficient (Wildman–Crippen LogP) is 4.39. The number of carbonyl (C=O) groups is 1. The van der Waals surface area contributed by atoms with Crippen LogP contribution in [0.4, 0.5) is 5.69 Å². The van der Waals surface area contributed by atoms with Gasteiger partial charge in [0.1, 0.15) is 17.5 Å². The maximum Gasteiger partial charge on any atom is 0.168 e. The van der Waals surface area contributed by atoms with E-state index in [4.69, 9.17) is 4.74 Å². The van der Waals surface area contributed by atoms with Gasteiger partial charge in [-0.05, 0) is 44.0 Å². The SMILES string of the molecule is C[C@@H](Oc1ccc(CC(=O)C2(O)CCCCC2)c(N2CCN(C)CC2)c1)c1ccccc1. The number of ether oxygens (including phenoxy) is 1. The number of benzene rings is 2. The first-order valence-corrected chi connectivity index (χ1v) is 12.0. The van der Waals surface area contributed by atoms with Crippen molar-refractivity contribution in [3.05, 3.63) is 59.7 Å². The van der Waals surface area contributed by atoms with Gasteiger partial charge in [0.05, 0.1) is 0 Å². The first kappa shape index (κ1) is 22.8. The Morgan fingerprint density at radius 3 is 2.41 bits per heavy atom. The van der Waals surface area contributed by atoms with E-state index in [1.807, 2.05) is 30.3 Å². The summed E-state index contributed by atoms with van der Waals surface area (Å²) in [5.41, 5.74) is 2.02. The molecule has 5 nitrogen and oxygen atoms in total. The Balaban J connectivity index is 1.57. The summed E-state index contributed by atoms with van der Waals surface area (Å²) in [7, 11) is 2.14. The lowest BCUT2D eigenvalue weighted by Gasteiger charge is -2.36. The molecule has 0 spiro atoms. The standard InChI is InChI=1S/C27H36N2O3/c1-21(22-9-5-3-6-10-22)32-24-12-11-23(19-26(30)27(31)13-7-4-8-14-27)25(20-24)29-17-15-28(2)16-18-29/h3,5-6,9-12,20-21,31H,4,7-8,13-19H2,1-2H3/t21-/m1/s1. The second kappa shape index (κ2) is 10.1. The van der Waals surface area contributed by atoms with Crippen LogP contribution < -0.4 is 9.64 Å². The van der Waals surface area contributed by atoms with Crippen LogP contribution in [0, 0.1) is 0 Å². The maximum atomic E-state index is 13.1. The van der Waals surface area contributed by atoms with Crippen LogP contribution in [0.15, 0.2) is 48.5 Å². The number of likely N-dealkylation sites (N-methyl/N-ethyl adjacent to an activating group) is 1. The number of carbonyl (C=O) groups excluding carboxylic acids is 1. The Labute approximate surface area is 192 Å². The summed E-state index contributed by atoms with van der Waals surface area (Å²) < 4.78 is 6.28. The summed E-state index contributed by atoms with van der Waals surface area (Å²) >= 11 is 0. The Morgan fingerprint density at radius 1 is 1.03 bits per heavy atom. The van der Waals surface area contributed by atoms with Crippen molar-refractivity contribution in [2.75, 3.05) is 38.1 Å². The molecule has 5 heteroatoms. The number of hydrogen-bond donors (Lipinski definition) is 1. The van der Waals surface area contributed by atoms with Crippen LogP contribution in [0.5, 0.6) is 5.75 Å². The number of rotatable bonds is 7. The summed E-state index contributed by atoms with van der Waals surface area (Å²) in [6.07, 6.45) is 4.35. The molecule has 32 heavy (non-hydrogen) atoms. The smallest absolute Gasteiger partial charge is 0.168 e. The highest BCUT2D eigenvalue weighted by Gasteiger charge is 2.37. The van der Waals surface area contributed by atoms with E-state index >= 15 is 0 Å².